The predicted octanol–water partition coefficient (Wildman–Crippen LogP) is 0.382. The molecule has 1 aromatic heterocycles. The summed E-state index contributed by atoms with van der Waals surface area (Å²) < 4.78 is 1.83. The monoisotopic (exact) mass is 251 g/mol. The number of rotatable bonds is 4. The van der Waals surface area contributed by atoms with Crippen molar-refractivity contribution in [1.82, 2.24) is 25.4 Å². The molecular weight excluding hydrogens is 230 g/mol. The van der Waals surface area contributed by atoms with Crippen LogP contribution < -0.4 is 10.6 Å². The van der Waals surface area contributed by atoms with E-state index in [4.69, 9.17) is 0 Å². The molecular formula is C12H21N5O. The highest BCUT2D eigenvalue weighted by Crippen LogP contribution is 2.30. The van der Waals surface area contributed by atoms with Gasteiger partial charge in [0.1, 0.15) is 6.33 Å². The SMILES string of the molecule is CCC1(C(=O)NC(C)c2nncn2C)CCNC1. The molecule has 1 aliphatic rings. The van der Waals surface area contributed by atoms with Crippen LogP contribution in [-0.4, -0.2) is 33.8 Å². The largest absolute Gasteiger partial charge is 0.346 e. The highest BCUT2D eigenvalue weighted by atomic mass is 16.2. The van der Waals surface area contributed by atoms with E-state index in [9.17, 15) is 4.79 Å². The van der Waals surface area contributed by atoms with E-state index in [1.54, 1.807) is 6.33 Å². The fourth-order valence-electron chi connectivity index (χ4n) is 2.50. The number of hydrogen-bond donors (Lipinski definition) is 2. The summed E-state index contributed by atoms with van der Waals surface area (Å²) in [4.78, 5) is 12.4. The molecule has 2 atom stereocenters. The van der Waals surface area contributed by atoms with E-state index in [1.165, 1.54) is 0 Å². The van der Waals surface area contributed by atoms with Gasteiger partial charge < -0.3 is 15.2 Å². The van der Waals surface area contributed by atoms with Gasteiger partial charge in [-0.3, -0.25) is 4.79 Å². The molecule has 2 rings (SSSR count). The Kier molecular flexibility index (Phi) is 3.65. The maximum atomic E-state index is 12.4. The van der Waals surface area contributed by atoms with Crippen molar-refractivity contribution in [1.29, 1.82) is 0 Å². The van der Waals surface area contributed by atoms with Crippen LogP contribution in [0.5, 0.6) is 0 Å². The number of aryl methyl sites for hydroxylation is 1. The molecule has 2 heterocycles. The van der Waals surface area contributed by atoms with Crippen LogP contribution in [0.15, 0.2) is 6.33 Å². The first-order valence-electron chi connectivity index (χ1n) is 6.44. The van der Waals surface area contributed by atoms with Crippen molar-refractivity contribution in [2.24, 2.45) is 12.5 Å². The van der Waals surface area contributed by atoms with Crippen LogP contribution in [0, 0.1) is 5.41 Å². The second kappa shape index (κ2) is 5.06. The van der Waals surface area contributed by atoms with E-state index in [-0.39, 0.29) is 17.4 Å². The molecule has 1 fully saturated rings. The molecule has 0 spiro atoms. The lowest BCUT2D eigenvalue weighted by atomic mass is 9.83. The highest BCUT2D eigenvalue weighted by Gasteiger charge is 2.40. The van der Waals surface area contributed by atoms with Crippen molar-refractivity contribution in [3.8, 4) is 0 Å². The molecule has 1 saturated heterocycles. The molecule has 18 heavy (non-hydrogen) atoms. The Morgan fingerprint density at radius 3 is 3.00 bits per heavy atom. The van der Waals surface area contributed by atoms with E-state index < -0.39 is 0 Å². The molecule has 0 radical (unpaired) electrons. The van der Waals surface area contributed by atoms with Gasteiger partial charge in [0.25, 0.3) is 0 Å². The van der Waals surface area contributed by atoms with Gasteiger partial charge >= 0.3 is 0 Å². The topological polar surface area (TPSA) is 71.8 Å². The van der Waals surface area contributed by atoms with Gasteiger partial charge in [-0.25, -0.2) is 0 Å². The first kappa shape index (κ1) is 13.0. The molecule has 1 amide bonds. The molecule has 0 aromatic carbocycles. The van der Waals surface area contributed by atoms with Crippen molar-refractivity contribution >= 4 is 5.91 Å². The Morgan fingerprint density at radius 2 is 2.50 bits per heavy atom. The fourth-order valence-corrected chi connectivity index (χ4v) is 2.50. The van der Waals surface area contributed by atoms with Crippen molar-refractivity contribution in [3.63, 3.8) is 0 Å². The van der Waals surface area contributed by atoms with Gasteiger partial charge in [0.05, 0.1) is 11.5 Å². The first-order chi connectivity index (χ1) is 8.59. The standard InChI is InChI=1S/C12H21N5O/c1-4-12(5-6-13-7-12)11(18)15-9(2)10-16-14-8-17(10)3/h8-9,13H,4-7H2,1-3H3,(H,15,18). The number of nitrogens with zero attached hydrogens (tertiary/aromatic N) is 3. The van der Waals surface area contributed by atoms with Crippen molar-refractivity contribution in [3.05, 3.63) is 12.2 Å². The molecule has 1 aromatic rings. The predicted molar refractivity (Wildman–Crippen MR) is 67.8 cm³/mol. The van der Waals surface area contributed by atoms with Crippen molar-refractivity contribution in [2.75, 3.05) is 13.1 Å². The lowest BCUT2D eigenvalue weighted by molar-refractivity contribution is -0.131. The average Bonchev–Trinajstić information content (AvgIpc) is 2.97. The summed E-state index contributed by atoms with van der Waals surface area (Å²) in [5.41, 5.74) is -0.257. The maximum absolute atomic E-state index is 12.4. The summed E-state index contributed by atoms with van der Waals surface area (Å²) in [5.74, 6) is 0.894. The molecule has 2 N–H and O–H groups in total. The Hall–Kier alpha value is -1.43. The van der Waals surface area contributed by atoms with Gasteiger partial charge in [0.2, 0.25) is 5.91 Å². The van der Waals surface area contributed by atoms with E-state index >= 15 is 0 Å². The lowest BCUT2D eigenvalue weighted by Crippen LogP contribution is -2.43. The van der Waals surface area contributed by atoms with Gasteiger partial charge in [-0.15, -0.1) is 10.2 Å². The summed E-state index contributed by atoms with van der Waals surface area (Å²) >= 11 is 0. The Morgan fingerprint density at radius 1 is 1.72 bits per heavy atom. The molecule has 6 heteroatoms. The summed E-state index contributed by atoms with van der Waals surface area (Å²) in [5, 5.41) is 14.2. The number of nitrogens with one attached hydrogen (secondary N) is 2. The molecule has 2 unspecified atom stereocenters. The molecule has 0 bridgehead atoms. The van der Waals surface area contributed by atoms with Crippen LogP contribution in [0.4, 0.5) is 0 Å². The Bertz CT molecular complexity index is 422. The number of carbonyl (C=O) groups excluding carboxylic acids is 1. The van der Waals surface area contributed by atoms with E-state index in [0.29, 0.717) is 0 Å². The number of carbonyl (C=O) groups is 1. The zero-order valence-corrected chi connectivity index (χ0v) is 11.2. The van der Waals surface area contributed by atoms with Gasteiger partial charge in [-0.1, -0.05) is 6.92 Å². The van der Waals surface area contributed by atoms with Crippen LogP contribution >= 0.6 is 0 Å². The maximum Gasteiger partial charge on any atom is 0.228 e. The fraction of sp³-hybridized carbons (Fsp3) is 0.750. The minimum absolute atomic E-state index is 0.116. The second-order valence-corrected chi connectivity index (χ2v) is 5.06. The normalized spacial score (nSPS) is 25.1. The molecule has 100 valence electrons. The minimum atomic E-state index is -0.257. The van der Waals surface area contributed by atoms with Gasteiger partial charge in [-0.2, -0.15) is 0 Å². The summed E-state index contributed by atoms with van der Waals surface area (Å²) in [7, 11) is 1.88. The van der Waals surface area contributed by atoms with Crippen LogP contribution in [0.2, 0.25) is 0 Å². The zero-order valence-electron chi connectivity index (χ0n) is 11.2. The van der Waals surface area contributed by atoms with Crippen molar-refractivity contribution < 1.29 is 4.79 Å². The quantitative estimate of drug-likeness (QED) is 0.811. The summed E-state index contributed by atoms with van der Waals surface area (Å²) in [6.45, 7) is 5.69. The van der Waals surface area contributed by atoms with Crippen LogP contribution in [0.25, 0.3) is 0 Å². The van der Waals surface area contributed by atoms with Gasteiger partial charge in [0.15, 0.2) is 5.82 Å². The number of hydrogen-bond acceptors (Lipinski definition) is 4. The van der Waals surface area contributed by atoms with E-state index in [0.717, 1.165) is 31.8 Å². The van der Waals surface area contributed by atoms with Gasteiger partial charge in [0, 0.05) is 13.6 Å². The molecule has 0 aliphatic carbocycles. The Balaban J connectivity index is 2.05. The second-order valence-electron chi connectivity index (χ2n) is 5.06. The third-order valence-corrected chi connectivity index (χ3v) is 3.88. The van der Waals surface area contributed by atoms with E-state index in [2.05, 4.69) is 27.8 Å². The third-order valence-electron chi connectivity index (χ3n) is 3.88. The minimum Gasteiger partial charge on any atom is -0.346 e. The highest BCUT2D eigenvalue weighted by molar-refractivity contribution is 5.83. The zero-order chi connectivity index (χ0) is 13.2. The van der Waals surface area contributed by atoms with Gasteiger partial charge in [-0.05, 0) is 26.3 Å². The van der Waals surface area contributed by atoms with Crippen LogP contribution in [-0.2, 0) is 11.8 Å². The smallest absolute Gasteiger partial charge is 0.228 e. The van der Waals surface area contributed by atoms with Crippen molar-refractivity contribution in [2.45, 2.75) is 32.7 Å². The van der Waals surface area contributed by atoms with E-state index in [1.807, 2.05) is 18.5 Å². The number of aromatic nitrogens is 3. The third kappa shape index (κ3) is 2.25. The summed E-state index contributed by atoms with van der Waals surface area (Å²) in [6.07, 6.45) is 3.41. The number of amides is 1. The molecule has 1 aliphatic heterocycles. The van der Waals surface area contributed by atoms with Crippen LogP contribution in [0.3, 0.4) is 0 Å². The molecule has 6 nitrogen and oxygen atoms in total. The average molecular weight is 251 g/mol. The molecule has 0 saturated carbocycles. The summed E-state index contributed by atoms with van der Waals surface area (Å²) in [6, 6.07) is -0.117. The lowest BCUT2D eigenvalue weighted by Gasteiger charge is -2.27. The van der Waals surface area contributed by atoms with Crippen LogP contribution in [0.1, 0.15) is 38.6 Å². The Labute approximate surface area is 107 Å². The first-order valence-corrected chi connectivity index (χ1v) is 6.44.